The van der Waals surface area contributed by atoms with Crippen molar-refractivity contribution in [3.8, 4) is 5.75 Å². The first-order valence-electron chi connectivity index (χ1n) is 8.60. The lowest BCUT2D eigenvalue weighted by atomic mass is 9.97. The second-order valence-corrected chi connectivity index (χ2v) is 7.09. The molecular formula is C19H24N4O3. The molecule has 0 radical (unpaired) electrons. The van der Waals surface area contributed by atoms with Crippen molar-refractivity contribution in [2.45, 2.75) is 26.3 Å². The van der Waals surface area contributed by atoms with E-state index >= 15 is 0 Å². The summed E-state index contributed by atoms with van der Waals surface area (Å²) in [6.45, 7) is 7.46. The molecule has 2 aromatic rings. The lowest BCUT2D eigenvalue weighted by molar-refractivity contribution is 0.0680. The van der Waals surface area contributed by atoms with Crippen LogP contribution >= 0.6 is 0 Å². The zero-order valence-electron chi connectivity index (χ0n) is 15.6. The summed E-state index contributed by atoms with van der Waals surface area (Å²) in [4.78, 5) is 28.2. The Labute approximate surface area is 152 Å². The summed E-state index contributed by atoms with van der Waals surface area (Å²) < 4.78 is 5.49. The number of amides is 1. The number of carbonyl (C=O) groups is 2. The highest BCUT2D eigenvalue weighted by atomic mass is 16.5. The van der Waals surface area contributed by atoms with Crippen LogP contribution in [0.2, 0.25) is 0 Å². The van der Waals surface area contributed by atoms with Crippen LogP contribution in [0.3, 0.4) is 0 Å². The summed E-state index contributed by atoms with van der Waals surface area (Å²) >= 11 is 0. The van der Waals surface area contributed by atoms with Crippen molar-refractivity contribution in [3.63, 3.8) is 0 Å². The van der Waals surface area contributed by atoms with E-state index in [0.717, 1.165) is 11.4 Å². The number of hydrogen-bond donors (Lipinski definition) is 1. The molecule has 1 fully saturated rings. The third-order valence-electron chi connectivity index (χ3n) is 4.73. The molecule has 3 rings (SSSR count). The number of para-hydroxylation sites is 2. The number of carbonyl (C=O) groups excluding carboxylic acids is 2. The van der Waals surface area contributed by atoms with Gasteiger partial charge in [-0.05, 0) is 32.0 Å². The third kappa shape index (κ3) is 3.29. The summed E-state index contributed by atoms with van der Waals surface area (Å²) in [5.41, 5.74) is 1.37. The number of Topliss-reactive ketones (excluding diaryl/α,β-unsaturated/α-hetero) is 1. The van der Waals surface area contributed by atoms with E-state index in [2.05, 4.69) is 28.9 Å². The maximum Gasteiger partial charge on any atom is 0.272 e. The van der Waals surface area contributed by atoms with E-state index < -0.39 is 0 Å². The van der Waals surface area contributed by atoms with Gasteiger partial charge in [-0.25, -0.2) is 0 Å². The Morgan fingerprint density at radius 3 is 2.58 bits per heavy atom. The van der Waals surface area contributed by atoms with Gasteiger partial charge < -0.3 is 14.5 Å². The summed E-state index contributed by atoms with van der Waals surface area (Å²) in [7, 11) is 1.66. The van der Waals surface area contributed by atoms with Crippen molar-refractivity contribution in [3.05, 3.63) is 41.7 Å². The fraction of sp³-hybridized carbons (Fsp3) is 0.421. The van der Waals surface area contributed by atoms with Crippen molar-refractivity contribution in [1.82, 2.24) is 15.1 Å². The van der Waals surface area contributed by atoms with Crippen LogP contribution in [0.15, 0.2) is 30.3 Å². The maximum absolute atomic E-state index is 12.8. The van der Waals surface area contributed by atoms with Crippen molar-refractivity contribution < 1.29 is 14.3 Å². The number of nitrogens with zero attached hydrogens (tertiary/aromatic N) is 3. The van der Waals surface area contributed by atoms with Crippen molar-refractivity contribution in [1.29, 1.82) is 0 Å². The molecule has 0 aliphatic carbocycles. The quantitative estimate of drug-likeness (QED) is 0.851. The minimum atomic E-state index is -0.272. The Kier molecular flexibility index (Phi) is 4.71. The predicted octanol–water partition coefficient (Wildman–Crippen LogP) is 2.36. The van der Waals surface area contributed by atoms with Gasteiger partial charge in [0.2, 0.25) is 0 Å². The number of H-pyrrole nitrogens is 1. The van der Waals surface area contributed by atoms with Gasteiger partial charge in [0.25, 0.3) is 5.91 Å². The average Bonchev–Trinajstić information content (AvgIpc) is 3.10. The molecule has 1 aromatic heterocycles. The lowest BCUT2D eigenvalue weighted by Crippen LogP contribution is -2.60. The van der Waals surface area contributed by atoms with E-state index in [0.29, 0.717) is 25.3 Å². The predicted molar refractivity (Wildman–Crippen MR) is 98.9 cm³/mol. The molecule has 7 nitrogen and oxygen atoms in total. The van der Waals surface area contributed by atoms with Crippen LogP contribution in [0.25, 0.3) is 0 Å². The number of anilines is 1. The van der Waals surface area contributed by atoms with Gasteiger partial charge in [-0.3, -0.25) is 14.7 Å². The number of rotatable bonds is 4. The normalized spacial score (nSPS) is 16.5. The maximum atomic E-state index is 12.8. The van der Waals surface area contributed by atoms with Gasteiger partial charge in [0.1, 0.15) is 17.1 Å². The molecule has 7 heteroatoms. The molecule has 0 bridgehead atoms. The van der Waals surface area contributed by atoms with Gasteiger partial charge in [-0.15, -0.1) is 0 Å². The Morgan fingerprint density at radius 1 is 1.23 bits per heavy atom. The van der Waals surface area contributed by atoms with E-state index in [4.69, 9.17) is 4.74 Å². The first-order chi connectivity index (χ1) is 12.3. The summed E-state index contributed by atoms with van der Waals surface area (Å²) in [6.07, 6.45) is 0. The molecule has 2 heterocycles. The van der Waals surface area contributed by atoms with Crippen LogP contribution in [0, 0.1) is 0 Å². The molecule has 1 aliphatic rings. The second-order valence-electron chi connectivity index (χ2n) is 7.09. The van der Waals surface area contributed by atoms with Crippen molar-refractivity contribution in [2.75, 3.05) is 31.6 Å². The van der Waals surface area contributed by atoms with E-state index in [1.54, 1.807) is 12.0 Å². The van der Waals surface area contributed by atoms with E-state index in [9.17, 15) is 9.59 Å². The third-order valence-corrected chi connectivity index (χ3v) is 4.73. The number of aromatic amines is 1. The lowest BCUT2D eigenvalue weighted by Gasteiger charge is -2.48. The van der Waals surface area contributed by atoms with Gasteiger partial charge in [0, 0.05) is 26.6 Å². The zero-order chi connectivity index (χ0) is 18.9. The Hall–Kier alpha value is -2.83. The van der Waals surface area contributed by atoms with Crippen molar-refractivity contribution >= 4 is 17.4 Å². The molecular weight excluding hydrogens is 332 g/mol. The van der Waals surface area contributed by atoms with Crippen LogP contribution in [0.1, 0.15) is 41.7 Å². The molecule has 1 aromatic carbocycles. The standard InChI is InChI=1S/C19H24N4O3/c1-13(24)14-11-15(21-20-14)18(25)22-9-10-23(19(2,3)12-22)16-7-5-6-8-17(16)26-4/h5-8,11H,9-10,12H2,1-4H3,(H,20,21). The number of benzene rings is 1. The van der Waals surface area contributed by atoms with E-state index in [1.807, 2.05) is 24.3 Å². The molecule has 1 aliphatic heterocycles. The van der Waals surface area contributed by atoms with Crippen LogP contribution < -0.4 is 9.64 Å². The summed E-state index contributed by atoms with van der Waals surface area (Å²) in [5, 5.41) is 6.58. The van der Waals surface area contributed by atoms with Crippen LogP contribution in [0.4, 0.5) is 5.69 Å². The van der Waals surface area contributed by atoms with E-state index in [-0.39, 0.29) is 22.9 Å². The topological polar surface area (TPSA) is 78.5 Å². The Balaban J connectivity index is 1.79. The van der Waals surface area contributed by atoms with Crippen molar-refractivity contribution in [2.24, 2.45) is 0 Å². The molecule has 0 spiro atoms. The van der Waals surface area contributed by atoms with E-state index in [1.165, 1.54) is 13.0 Å². The Bertz CT molecular complexity index is 828. The highest BCUT2D eigenvalue weighted by molar-refractivity contribution is 5.97. The number of ketones is 1. The monoisotopic (exact) mass is 356 g/mol. The largest absolute Gasteiger partial charge is 0.495 e. The summed E-state index contributed by atoms with van der Waals surface area (Å²) in [6, 6.07) is 9.42. The Morgan fingerprint density at radius 2 is 1.96 bits per heavy atom. The molecule has 138 valence electrons. The molecule has 0 saturated carbocycles. The van der Waals surface area contributed by atoms with Gasteiger partial charge >= 0.3 is 0 Å². The highest BCUT2D eigenvalue weighted by Crippen LogP contribution is 2.35. The van der Waals surface area contributed by atoms with Crippen LogP contribution in [-0.4, -0.2) is 59.1 Å². The van der Waals surface area contributed by atoms with Gasteiger partial charge in [0.15, 0.2) is 5.78 Å². The number of aromatic nitrogens is 2. The number of hydrogen-bond acceptors (Lipinski definition) is 5. The fourth-order valence-corrected chi connectivity index (χ4v) is 3.41. The number of ether oxygens (including phenoxy) is 1. The number of nitrogens with one attached hydrogen (secondary N) is 1. The molecule has 1 saturated heterocycles. The van der Waals surface area contributed by atoms with Gasteiger partial charge in [-0.2, -0.15) is 5.10 Å². The molecule has 0 atom stereocenters. The minimum Gasteiger partial charge on any atom is -0.495 e. The van der Waals surface area contributed by atoms with Gasteiger partial charge in [0.05, 0.1) is 18.3 Å². The molecule has 1 amide bonds. The molecule has 0 unspecified atom stereocenters. The SMILES string of the molecule is COc1ccccc1N1CCN(C(=O)c2cc(C(C)=O)n[nH]2)CC1(C)C. The number of piperazine rings is 1. The van der Waals surface area contributed by atoms with Crippen LogP contribution in [-0.2, 0) is 0 Å². The fourth-order valence-electron chi connectivity index (χ4n) is 3.41. The smallest absolute Gasteiger partial charge is 0.272 e. The highest BCUT2D eigenvalue weighted by Gasteiger charge is 2.37. The van der Waals surface area contributed by atoms with Crippen LogP contribution in [0.5, 0.6) is 5.75 Å². The van der Waals surface area contributed by atoms with Gasteiger partial charge in [-0.1, -0.05) is 12.1 Å². The number of methoxy groups -OCH3 is 1. The molecule has 26 heavy (non-hydrogen) atoms. The minimum absolute atomic E-state index is 0.141. The molecule has 1 N–H and O–H groups in total. The first-order valence-corrected chi connectivity index (χ1v) is 8.60. The second kappa shape index (κ2) is 6.82. The zero-order valence-corrected chi connectivity index (χ0v) is 15.6. The summed E-state index contributed by atoms with van der Waals surface area (Å²) in [5.74, 6) is 0.513. The average molecular weight is 356 g/mol. The first kappa shape index (κ1) is 18.0.